The van der Waals surface area contributed by atoms with E-state index in [4.69, 9.17) is 11.6 Å². The molecule has 3 aromatic rings. The smallest absolute Gasteiger partial charge is 0.312 e. The van der Waals surface area contributed by atoms with E-state index < -0.39 is 16.4 Å². The second-order valence-electron chi connectivity index (χ2n) is 8.81. The summed E-state index contributed by atoms with van der Waals surface area (Å²) >= 11 is 7.48. The predicted octanol–water partition coefficient (Wildman–Crippen LogP) is 6.89. The molecule has 1 N–H and O–H groups in total. The molecule has 0 bridgehead atoms. The third kappa shape index (κ3) is 5.89. The average Bonchev–Trinajstić information content (AvgIpc) is 3.26. The van der Waals surface area contributed by atoms with Crippen molar-refractivity contribution in [2.45, 2.75) is 44.9 Å². The molecule has 0 unspecified atom stereocenters. The zero-order valence-corrected chi connectivity index (χ0v) is 21.1. The minimum Gasteiger partial charge on any atom is -0.502 e. The summed E-state index contributed by atoms with van der Waals surface area (Å²) in [5.74, 6) is 0.130. The van der Waals surface area contributed by atoms with E-state index in [1.54, 1.807) is 4.68 Å². The van der Waals surface area contributed by atoms with Gasteiger partial charge in [-0.05, 0) is 37.3 Å². The fourth-order valence-corrected chi connectivity index (χ4v) is 5.30. The summed E-state index contributed by atoms with van der Waals surface area (Å²) in [7, 11) is 0. The molecular formula is C26H27ClN4O3S. The second kappa shape index (κ2) is 11.0. The highest BCUT2D eigenvalue weighted by molar-refractivity contribution is 7.07. The Morgan fingerprint density at radius 2 is 2.00 bits per heavy atom. The number of benzene rings is 2. The average molecular weight is 511 g/mol. The van der Waals surface area contributed by atoms with Crippen LogP contribution in [0.1, 0.15) is 56.1 Å². The number of thiazole rings is 1. The summed E-state index contributed by atoms with van der Waals surface area (Å²) in [6, 6.07) is 11.1. The molecule has 0 radical (unpaired) electrons. The van der Waals surface area contributed by atoms with Crippen LogP contribution in [0, 0.1) is 10.1 Å². The Kier molecular flexibility index (Phi) is 7.83. The fourth-order valence-electron chi connectivity index (χ4n) is 4.25. The third-order valence-corrected chi connectivity index (χ3v) is 7.12. The zero-order valence-electron chi connectivity index (χ0n) is 19.5. The van der Waals surface area contributed by atoms with Crippen molar-refractivity contribution in [2.75, 3.05) is 6.54 Å². The maximum Gasteiger partial charge on any atom is 0.312 e. The molecule has 9 heteroatoms. The highest BCUT2D eigenvalue weighted by Crippen LogP contribution is 2.34. The van der Waals surface area contributed by atoms with Gasteiger partial charge >= 0.3 is 5.69 Å². The van der Waals surface area contributed by atoms with Gasteiger partial charge in [0.1, 0.15) is 0 Å². The van der Waals surface area contributed by atoms with Crippen molar-refractivity contribution >= 4 is 34.8 Å². The molecule has 2 aromatic carbocycles. The fraction of sp³-hybridized carbons (Fsp3) is 0.308. The van der Waals surface area contributed by atoms with Crippen molar-refractivity contribution in [3.63, 3.8) is 0 Å². The number of rotatable bonds is 7. The van der Waals surface area contributed by atoms with Crippen molar-refractivity contribution in [3.05, 3.63) is 85.0 Å². The molecule has 0 atom stereocenters. The number of aromatic hydroxyl groups is 1. The number of nitrogens with zero attached hydrogens (tertiary/aromatic N) is 4. The Morgan fingerprint density at radius 1 is 1.29 bits per heavy atom. The molecular weight excluding hydrogens is 484 g/mol. The largest absolute Gasteiger partial charge is 0.502 e. The molecule has 1 fully saturated rings. The molecule has 35 heavy (non-hydrogen) atoms. The monoisotopic (exact) mass is 510 g/mol. The molecule has 0 amide bonds. The van der Waals surface area contributed by atoms with Gasteiger partial charge in [-0.15, -0.1) is 11.3 Å². The number of phenolic OH excluding ortho intramolecular Hbond substituents is 1. The highest BCUT2D eigenvalue weighted by atomic mass is 35.5. The minimum atomic E-state index is -0.677. The van der Waals surface area contributed by atoms with E-state index in [2.05, 4.69) is 40.9 Å². The van der Waals surface area contributed by atoms with Gasteiger partial charge < -0.3 is 5.11 Å². The van der Waals surface area contributed by atoms with E-state index >= 15 is 0 Å². The Balaban J connectivity index is 1.74. The van der Waals surface area contributed by atoms with Crippen LogP contribution in [0.2, 0.25) is 5.02 Å². The maximum atomic E-state index is 11.3. The number of nitro groups is 1. The van der Waals surface area contributed by atoms with E-state index in [-0.39, 0.29) is 10.6 Å². The van der Waals surface area contributed by atoms with Crippen LogP contribution in [0.5, 0.6) is 5.75 Å². The van der Waals surface area contributed by atoms with Crippen LogP contribution >= 0.6 is 22.9 Å². The van der Waals surface area contributed by atoms with Crippen molar-refractivity contribution in [2.24, 2.45) is 10.1 Å². The lowest BCUT2D eigenvalue weighted by molar-refractivity contribution is -0.385. The van der Waals surface area contributed by atoms with Crippen LogP contribution in [0.3, 0.4) is 0 Å². The molecule has 1 aromatic heterocycles. The van der Waals surface area contributed by atoms with Crippen LogP contribution in [0.25, 0.3) is 11.3 Å². The molecule has 1 aliphatic rings. The Labute approximate surface area is 212 Å². The quantitative estimate of drug-likeness (QED) is 0.162. The van der Waals surface area contributed by atoms with E-state index in [0.717, 1.165) is 22.9 Å². The van der Waals surface area contributed by atoms with E-state index in [9.17, 15) is 15.2 Å². The van der Waals surface area contributed by atoms with Crippen molar-refractivity contribution < 1.29 is 10.0 Å². The Hall–Kier alpha value is -3.23. The summed E-state index contributed by atoms with van der Waals surface area (Å²) in [5.41, 5.74) is 3.76. The SMILES string of the molecule is C=C(C)CN=c1scc(-c2ccc(C3CCCCC3)cc2)n1N=Cc1cc(Cl)cc([N+](=O)[O-])c1O. The first-order valence-electron chi connectivity index (χ1n) is 11.5. The van der Waals surface area contributed by atoms with Gasteiger partial charge in [0, 0.05) is 27.6 Å². The topological polar surface area (TPSA) is 93.0 Å². The summed E-state index contributed by atoms with van der Waals surface area (Å²) in [4.78, 5) is 15.8. The summed E-state index contributed by atoms with van der Waals surface area (Å²) in [6.45, 7) is 6.26. The van der Waals surface area contributed by atoms with Gasteiger partial charge in [0.2, 0.25) is 10.6 Å². The highest BCUT2D eigenvalue weighted by Gasteiger charge is 2.19. The van der Waals surface area contributed by atoms with Gasteiger partial charge in [-0.25, -0.2) is 4.68 Å². The van der Waals surface area contributed by atoms with E-state index in [1.807, 2.05) is 12.3 Å². The van der Waals surface area contributed by atoms with Crippen molar-refractivity contribution in [3.8, 4) is 17.0 Å². The van der Waals surface area contributed by atoms with Gasteiger partial charge in [0.05, 0.1) is 23.4 Å². The normalized spacial score (nSPS) is 15.1. The minimum absolute atomic E-state index is 0.136. The van der Waals surface area contributed by atoms with Gasteiger partial charge in [-0.3, -0.25) is 15.1 Å². The van der Waals surface area contributed by atoms with Crippen LogP contribution in [-0.2, 0) is 0 Å². The van der Waals surface area contributed by atoms with Crippen LogP contribution in [-0.4, -0.2) is 27.5 Å². The Morgan fingerprint density at radius 3 is 2.66 bits per heavy atom. The second-order valence-corrected chi connectivity index (χ2v) is 10.1. The molecule has 1 saturated carbocycles. The lowest BCUT2D eigenvalue weighted by Gasteiger charge is -2.22. The predicted molar refractivity (Wildman–Crippen MR) is 142 cm³/mol. The zero-order chi connectivity index (χ0) is 24.9. The molecule has 182 valence electrons. The lowest BCUT2D eigenvalue weighted by atomic mass is 9.84. The molecule has 7 nitrogen and oxygen atoms in total. The maximum absolute atomic E-state index is 11.3. The summed E-state index contributed by atoms with van der Waals surface area (Å²) in [6.07, 6.45) is 7.73. The molecule has 1 heterocycles. The first kappa shape index (κ1) is 24.9. The molecule has 1 aliphatic carbocycles. The first-order chi connectivity index (χ1) is 16.8. The Bertz CT molecular complexity index is 1340. The van der Waals surface area contributed by atoms with Gasteiger partial charge in [-0.1, -0.05) is 67.3 Å². The van der Waals surface area contributed by atoms with E-state index in [0.29, 0.717) is 17.3 Å². The number of halogens is 1. The summed E-state index contributed by atoms with van der Waals surface area (Å²) < 4.78 is 1.68. The van der Waals surface area contributed by atoms with Gasteiger partial charge in [-0.2, -0.15) is 5.10 Å². The summed E-state index contributed by atoms with van der Waals surface area (Å²) in [5, 5.41) is 28.3. The van der Waals surface area contributed by atoms with Gasteiger partial charge in [0.25, 0.3) is 0 Å². The number of nitro benzene ring substituents is 1. The van der Waals surface area contributed by atoms with Crippen molar-refractivity contribution in [1.29, 1.82) is 0 Å². The lowest BCUT2D eigenvalue weighted by Crippen LogP contribution is -2.13. The molecule has 4 rings (SSSR count). The van der Waals surface area contributed by atoms with E-state index in [1.165, 1.54) is 61.3 Å². The number of aromatic nitrogens is 1. The van der Waals surface area contributed by atoms with Crippen LogP contribution in [0.15, 0.2) is 64.0 Å². The number of phenols is 1. The molecule has 0 aliphatic heterocycles. The van der Waals surface area contributed by atoms with Crippen LogP contribution < -0.4 is 4.80 Å². The molecule has 0 saturated heterocycles. The number of hydrogen-bond acceptors (Lipinski definition) is 6. The first-order valence-corrected chi connectivity index (χ1v) is 12.8. The van der Waals surface area contributed by atoms with Gasteiger partial charge in [0.15, 0.2) is 0 Å². The molecule has 0 spiro atoms. The third-order valence-electron chi connectivity index (χ3n) is 6.05. The van der Waals surface area contributed by atoms with Crippen molar-refractivity contribution in [1.82, 2.24) is 4.68 Å². The standard InChI is InChI=1S/C26H27ClN4O3S/c1-17(2)14-28-26-30(29-15-21-12-22(27)13-23(25(21)32)31(33)34)24(16-35-26)20-10-8-19(9-11-20)18-6-4-3-5-7-18/h8-13,15-16,18,32H,1,3-7,14H2,2H3. The van der Waals surface area contributed by atoms with Crippen LogP contribution in [0.4, 0.5) is 5.69 Å². The number of hydrogen-bond donors (Lipinski definition) is 1.